The second kappa shape index (κ2) is 7.74. The van der Waals surface area contributed by atoms with Crippen molar-refractivity contribution in [2.75, 3.05) is 25.4 Å². The van der Waals surface area contributed by atoms with Crippen LogP contribution in [0.1, 0.15) is 40.7 Å². The molecule has 0 spiro atoms. The zero-order valence-corrected chi connectivity index (χ0v) is 17.2. The number of hydrogen-bond donors (Lipinski definition) is 2. The minimum absolute atomic E-state index is 0.0934. The quantitative estimate of drug-likeness (QED) is 0.714. The lowest BCUT2D eigenvalue weighted by Crippen LogP contribution is -2.54. The van der Waals surface area contributed by atoms with E-state index in [1.54, 1.807) is 4.90 Å². The van der Waals surface area contributed by atoms with Gasteiger partial charge in [-0.2, -0.15) is 0 Å². The molecule has 2 unspecified atom stereocenters. The molecule has 3 amide bonds. The van der Waals surface area contributed by atoms with E-state index in [1.165, 1.54) is 12.2 Å². The molecule has 154 valence electrons. The van der Waals surface area contributed by atoms with Crippen LogP contribution in [-0.2, 0) is 22.7 Å². The van der Waals surface area contributed by atoms with Gasteiger partial charge < -0.3 is 10.2 Å². The van der Waals surface area contributed by atoms with Gasteiger partial charge in [0.25, 0.3) is 5.91 Å². The number of hydrogen-bond acceptors (Lipinski definition) is 6. The molecular formula is C21H26N4O3S. The first kappa shape index (κ1) is 19.1. The molecule has 7 nitrogen and oxygen atoms in total. The van der Waals surface area contributed by atoms with Crippen LogP contribution in [0.4, 0.5) is 0 Å². The Morgan fingerprint density at radius 3 is 2.79 bits per heavy atom. The maximum Gasteiger partial charge on any atom is 0.255 e. The van der Waals surface area contributed by atoms with Crippen LogP contribution in [0.5, 0.6) is 0 Å². The maximum atomic E-state index is 13.0. The number of imide groups is 1. The van der Waals surface area contributed by atoms with Crippen molar-refractivity contribution < 1.29 is 14.4 Å². The van der Waals surface area contributed by atoms with Gasteiger partial charge in [-0.25, -0.2) is 0 Å². The number of carbonyl (C=O) groups is 3. The summed E-state index contributed by atoms with van der Waals surface area (Å²) in [7, 11) is 0. The van der Waals surface area contributed by atoms with E-state index in [0.717, 1.165) is 37.3 Å². The van der Waals surface area contributed by atoms with Crippen LogP contribution in [0, 0.1) is 5.92 Å². The summed E-state index contributed by atoms with van der Waals surface area (Å²) in [6, 6.07) is 5.62. The summed E-state index contributed by atoms with van der Waals surface area (Å²) in [4.78, 5) is 40.8. The Kier molecular flexibility index (Phi) is 5.09. The Labute approximate surface area is 174 Å². The SMILES string of the molecule is O=C1CCC(N2Cc3ccc(CN4CCCSC4C4CNC4)cc3C2=O)C(=O)N1. The first-order chi connectivity index (χ1) is 14.1. The molecule has 4 aliphatic heterocycles. The highest BCUT2D eigenvalue weighted by Crippen LogP contribution is 2.33. The molecule has 4 aliphatic rings. The second-order valence-electron chi connectivity index (χ2n) is 8.40. The molecule has 4 heterocycles. The average Bonchev–Trinajstić information content (AvgIpc) is 2.98. The number of piperidine rings is 1. The molecular weight excluding hydrogens is 388 g/mol. The lowest BCUT2D eigenvalue weighted by molar-refractivity contribution is -0.136. The van der Waals surface area contributed by atoms with E-state index in [9.17, 15) is 14.4 Å². The van der Waals surface area contributed by atoms with Gasteiger partial charge in [-0.15, -0.1) is 11.8 Å². The van der Waals surface area contributed by atoms with Crippen molar-refractivity contribution in [3.05, 3.63) is 34.9 Å². The first-order valence-corrected chi connectivity index (χ1v) is 11.5. The smallest absolute Gasteiger partial charge is 0.255 e. The molecule has 0 aromatic heterocycles. The zero-order chi connectivity index (χ0) is 20.0. The standard InChI is InChI=1S/C21H26N4O3S/c26-18-5-4-17(19(27)23-18)25-12-14-3-2-13(8-16(14)20(25)28)11-24-6-1-7-29-21(24)15-9-22-10-15/h2-3,8,15,17,21-22H,1,4-7,9-12H2,(H,23,26,27). The van der Waals surface area contributed by atoms with Gasteiger partial charge in [-0.1, -0.05) is 12.1 Å². The van der Waals surface area contributed by atoms with Gasteiger partial charge >= 0.3 is 0 Å². The summed E-state index contributed by atoms with van der Waals surface area (Å²) < 4.78 is 0. The molecule has 2 N–H and O–H groups in total. The van der Waals surface area contributed by atoms with Crippen molar-refractivity contribution in [1.29, 1.82) is 0 Å². The molecule has 29 heavy (non-hydrogen) atoms. The van der Waals surface area contributed by atoms with Crippen molar-refractivity contribution in [1.82, 2.24) is 20.4 Å². The molecule has 3 saturated heterocycles. The van der Waals surface area contributed by atoms with Gasteiger partial charge in [0.15, 0.2) is 0 Å². The van der Waals surface area contributed by atoms with Crippen LogP contribution >= 0.6 is 11.8 Å². The number of thioether (sulfide) groups is 1. The molecule has 0 bridgehead atoms. The third-order valence-corrected chi connectivity index (χ3v) is 7.98. The topological polar surface area (TPSA) is 81.8 Å². The predicted molar refractivity (Wildman–Crippen MR) is 110 cm³/mol. The van der Waals surface area contributed by atoms with Crippen molar-refractivity contribution in [2.24, 2.45) is 5.92 Å². The molecule has 1 aromatic carbocycles. The molecule has 2 atom stereocenters. The fourth-order valence-corrected chi connectivity index (χ4v) is 6.15. The molecule has 0 aliphatic carbocycles. The van der Waals surface area contributed by atoms with Crippen LogP contribution in [0.2, 0.25) is 0 Å². The van der Waals surface area contributed by atoms with E-state index in [4.69, 9.17) is 0 Å². The Balaban J connectivity index is 1.31. The van der Waals surface area contributed by atoms with Crippen molar-refractivity contribution in [3.8, 4) is 0 Å². The lowest BCUT2D eigenvalue weighted by atomic mass is 10.0. The van der Waals surface area contributed by atoms with E-state index in [2.05, 4.69) is 33.4 Å². The van der Waals surface area contributed by atoms with E-state index in [0.29, 0.717) is 29.8 Å². The summed E-state index contributed by atoms with van der Waals surface area (Å²) in [5.41, 5.74) is 2.83. The minimum atomic E-state index is -0.551. The third-order valence-electron chi connectivity index (χ3n) is 6.43. The van der Waals surface area contributed by atoms with Crippen LogP contribution in [0.25, 0.3) is 0 Å². The average molecular weight is 415 g/mol. The predicted octanol–water partition coefficient (Wildman–Crippen LogP) is 0.932. The van der Waals surface area contributed by atoms with Gasteiger partial charge in [0, 0.05) is 50.6 Å². The van der Waals surface area contributed by atoms with Crippen LogP contribution in [0.3, 0.4) is 0 Å². The summed E-state index contributed by atoms with van der Waals surface area (Å²) in [6.07, 6.45) is 1.89. The number of nitrogens with one attached hydrogen (secondary N) is 2. The number of fused-ring (bicyclic) bond motifs is 1. The summed E-state index contributed by atoms with van der Waals surface area (Å²) in [5, 5.41) is 6.29. The normalized spacial score (nSPS) is 28.3. The minimum Gasteiger partial charge on any atom is -0.322 e. The number of rotatable bonds is 4. The number of nitrogens with zero attached hydrogens (tertiary/aromatic N) is 2. The largest absolute Gasteiger partial charge is 0.322 e. The fourth-order valence-electron chi connectivity index (χ4n) is 4.75. The monoisotopic (exact) mass is 414 g/mol. The molecule has 0 saturated carbocycles. The van der Waals surface area contributed by atoms with Crippen molar-refractivity contribution in [2.45, 2.75) is 43.8 Å². The Hall–Kier alpha value is -1.90. The summed E-state index contributed by atoms with van der Waals surface area (Å²) in [5.74, 6) is 1.23. The number of benzene rings is 1. The van der Waals surface area contributed by atoms with Crippen LogP contribution in [-0.4, -0.2) is 64.3 Å². The van der Waals surface area contributed by atoms with E-state index in [-0.39, 0.29) is 24.1 Å². The van der Waals surface area contributed by atoms with Gasteiger partial charge in [-0.3, -0.25) is 24.6 Å². The van der Waals surface area contributed by atoms with E-state index >= 15 is 0 Å². The highest BCUT2D eigenvalue weighted by atomic mass is 32.2. The highest BCUT2D eigenvalue weighted by molar-refractivity contribution is 7.99. The van der Waals surface area contributed by atoms with E-state index < -0.39 is 6.04 Å². The molecule has 3 fully saturated rings. The van der Waals surface area contributed by atoms with Gasteiger partial charge in [0.2, 0.25) is 11.8 Å². The Morgan fingerprint density at radius 1 is 1.17 bits per heavy atom. The fraction of sp³-hybridized carbons (Fsp3) is 0.571. The first-order valence-electron chi connectivity index (χ1n) is 10.4. The van der Waals surface area contributed by atoms with Gasteiger partial charge in [0.05, 0.1) is 5.37 Å². The second-order valence-corrected chi connectivity index (χ2v) is 9.62. The number of amides is 3. The molecule has 0 radical (unpaired) electrons. The maximum absolute atomic E-state index is 13.0. The summed E-state index contributed by atoms with van der Waals surface area (Å²) in [6.45, 7) is 4.58. The molecule has 5 rings (SSSR count). The van der Waals surface area contributed by atoms with Gasteiger partial charge in [0.1, 0.15) is 6.04 Å². The highest BCUT2D eigenvalue weighted by Gasteiger charge is 2.39. The van der Waals surface area contributed by atoms with Crippen molar-refractivity contribution >= 4 is 29.5 Å². The Bertz CT molecular complexity index is 856. The molecule has 1 aromatic rings. The Morgan fingerprint density at radius 2 is 2.03 bits per heavy atom. The van der Waals surface area contributed by atoms with Gasteiger partial charge in [-0.05, 0) is 35.8 Å². The van der Waals surface area contributed by atoms with Crippen molar-refractivity contribution in [3.63, 3.8) is 0 Å². The van der Waals surface area contributed by atoms with Crippen LogP contribution < -0.4 is 10.6 Å². The lowest BCUT2D eigenvalue weighted by Gasteiger charge is -2.43. The van der Waals surface area contributed by atoms with Crippen LogP contribution in [0.15, 0.2) is 18.2 Å². The zero-order valence-electron chi connectivity index (χ0n) is 16.4. The number of carbonyl (C=O) groups excluding carboxylic acids is 3. The third kappa shape index (κ3) is 3.58. The van der Waals surface area contributed by atoms with E-state index in [1.807, 2.05) is 12.1 Å². The summed E-state index contributed by atoms with van der Waals surface area (Å²) >= 11 is 2.06. The molecule has 8 heteroatoms.